The number of ether oxygens (including phenoxy) is 1. The summed E-state index contributed by atoms with van der Waals surface area (Å²) >= 11 is 0. The van der Waals surface area contributed by atoms with Crippen LogP contribution in [0, 0.1) is 17.0 Å². The van der Waals surface area contributed by atoms with Gasteiger partial charge in [0.25, 0.3) is 5.69 Å². The van der Waals surface area contributed by atoms with E-state index in [-0.39, 0.29) is 12.3 Å². The number of benzene rings is 1. The van der Waals surface area contributed by atoms with Crippen LogP contribution >= 0.6 is 0 Å². The highest BCUT2D eigenvalue weighted by molar-refractivity contribution is 5.55. The average Bonchev–Trinajstić information content (AvgIpc) is 2.71. The molecule has 3 atom stereocenters. The van der Waals surface area contributed by atoms with E-state index in [1.165, 1.54) is 6.07 Å². The van der Waals surface area contributed by atoms with Gasteiger partial charge < -0.3 is 20.3 Å². The zero-order chi connectivity index (χ0) is 14.0. The van der Waals surface area contributed by atoms with Crippen molar-refractivity contribution in [3.8, 4) is 0 Å². The molecule has 1 heterocycles. The Morgan fingerprint density at radius 2 is 2.32 bits per heavy atom. The van der Waals surface area contributed by atoms with E-state index in [1.54, 1.807) is 19.1 Å². The average molecular weight is 268 g/mol. The van der Waals surface area contributed by atoms with Gasteiger partial charge in [0.2, 0.25) is 0 Å². The summed E-state index contributed by atoms with van der Waals surface area (Å²) in [6.45, 7) is 1.41. The fourth-order valence-corrected chi connectivity index (χ4v) is 2.07. The summed E-state index contributed by atoms with van der Waals surface area (Å²) in [7, 11) is 0. The first kappa shape index (κ1) is 13.7. The second-order valence-corrected chi connectivity index (χ2v) is 4.55. The number of nitro groups is 1. The molecular weight excluding hydrogens is 252 g/mol. The van der Waals surface area contributed by atoms with Crippen molar-refractivity contribution in [2.45, 2.75) is 31.8 Å². The van der Waals surface area contributed by atoms with Crippen molar-refractivity contribution in [3.63, 3.8) is 0 Å². The number of rotatable bonds is 4. The van der Waals surface area contributed by atoms with Crippen LogP contribution in [0.2, 0.25) is 0 Å². The molecule has 2 rings (SSSR count). The lowest BCUT2D eigenvalue weighted by Crippen LogP contribution is -2.25. The summed E-state index contributed by atoms with van der Waals surface area (Å²) in [5.41, 5.74) is 1.16. The molecule has 0 saturated carbocycles. The van der Waals surface area contributed by atoms with Crippen molar-refractivity contribution in [2.24, 2.45) is 0 Å². The standard InChI is InChI=1S/C12H16N2O5/c1-7-2-3-8(4-9(7)14(17)18)13-12-5-10(16)11(6-15)19-12/h2-4,10-13,15-16H,5-6H2,1H3/t10-,11+,12?/m0/s1. The van der Waals surface area contributed by atoms with Gasteiger partial charge in [-0.25, -0.2) is 0 Å². The molecular formula is C12H16N2O5. The van der Waals surface area contributed by atoms with E-state index in [9.17, 15) is 15.2 Å². The van der Waals surface area contributed by atoms with Crippen molar-refractivity contribution in [3.05, 3.63) is 33.9 Å². The highest BCUT2D eigenvalue weighted by Gasteiger charge is 2.33. The van der Waals surface area contributed by atoms with Crippen LogP contribution < -0.4 is 5.32 Å². The van der Waals surface area contributed by atoms with Crippen LogP contribution in [-0.2, 0) is 4.74 Å². The third kappa shape index (κ3) is 3.01. The molecule has 0 aliphatic carbocycles. The third-order valence-electron chi connectivity index (χ3n) is 3.14. The predicted molar refractivity (Wildman–Crippen MR) is 67.8 cm³/mol. The number of nitrogens with zero attached hydrogens (tertiary/aromatic N) is 1. The Labute approximate surface area is 110 Å². The fraction of sp³-hybridized carbons (Fsp3) is 0.500. The van der Waals surface area contributed by atoms with E-state index in [0.29, 0.717) is 17.7 Å². The minimum absolute atomic E-state index is 0.0299. The Morgan fingerprint density at radius 3 is 2.89 bits per heavy atom. The van der Waals surface area contributed by atoms with Gasteiger partial charge in [-0.1, -0.05) is 6.07 Å². The van der Waals surface area contributed by atoms with Gasteiger partial charge >= 0.3 is 0 Å². The number of aryl methyl sites for hydroxylation is 1. The molecule has 0 aromatic heterocycles. The number of aliphatic hydroxyl groups excluding tert-OH is 2. The Balaban J connectivity index is 2.08. The minimum atomic E-state index is -0.733. The SMILES string of the molecule is Cc1ccc(NC2C[C@H](O)[C@@H](CO)O2)cc1[N+](=O)[O-]. The summed E-state index contributed by atoms with van der Waals surface area (Å²) in [6, 6.07) is 4.79. The van der Waals surface area contributed by atoms with Crippen molar-refractivity contribution >= 4 is 11.4 Å². The van der Waals surface area contributed by atoms with Gasteiger partial charge in [-0.15, -0.1) is 0 Å². The van der Waals surface area contributed by atoms with Crippen LogP contribution in [0.3, 0.4) is 0 Å². The molecule has 7 nitrogen and oxygen atoms in total. The van der Waals surface area contributed by atoms with Gasteiger partial charge in [0.15, 0.2) is 0 Å². The van der Waals surface area contributed by atoms with Gasteiger partial charge in [0, 0.05) is 23.7 Å². The van der Waals surface area contributed by atoms with Crippen LogP contribution in [0.4, 0.5) is 11.4 Å². The molecule has 0 amide bonds. The van der Waals surface area contributed by atoms with Gasteiger partial charge in [0.05, 0.1) is 17.6 Å². The van der Waals surface area contributed by atoms with Crippen LogP contribution in [-0.4, -0.2) is 40.2 Å². The lowest BCUT2D eigenvalue weighted by atomic mass is 10.1. The maximum atomic E-state index is 10.8. The lowest BCUT2D eigenvalue weighted by molar-refractivity contribution is -0.385. The molecule has 1 unspecified atom stereocenters. The second-order valence-electron chi connectivity index (χ2n) is 4.55. The van der Waals surface area contributed by atoms with Gasteiger partial charge in [0.1, 0.15) is 12.3 Å². The Hall–Kier alpha value is -1.70. The molecule has 0 spiro atoms. The zero-order valence-corrected chi connectivity index (χ0v) is 10.4. The molecule has 1 fully saturated rings. The molecule has 19 heavy (non-hydrogen) atoms. The molecule has 1 aromatic rings. The first-order valence-corrected chi connectivity index (χ1v) is 5.97. The maximum absolute atomic E-state index is 10.8. The largest absolute Gasteiger partial charge is 0.394 e. The molecule has 1 aliphatic rings. The van der Waals surface area contributed by atoms with E-state index in [4.69, 9.17) is 9.84 Å². The van der Waals surface area contributed by atoms with Crippen molar-refractivity contribution < 1.29 is 19.9 Å². The number of aliphatic hydroxyl groups is 2. The number of nitrogens with one attached hydrogen (secondary N) is 1. The topological polar surface area (TPSA) is 105 Å². The molecule has 0 radical (unpaired) electrons. The van der Waals surface area contributed by atoms with Crippen molar-refractivity contribution in [1.29, 1.82) is 0 Å². The molecule has 104 valence electrons. The van der Waals surface area contributed by atoms with Crippen LogP contribution in [0.25, 0.3) is 0 Å². The first-order valence-electron chi connectivity index (χ1n) is 5.97. The van der Waals surface area contributed by atoms with Crippen LogP contribution in [0.15, 0.2) is 18.2 Å². The monoisotopic (exact) mass is 268 g/mol. The van der Waals surface area contributed by atoms with E-state index in [2.05, 4.69) is 5.32 Å². The molecule has 1 saturated heterocycles. The zero-order valence-electron chi connectivity index (χ0n) is 10.4. The Kier molecular flexibility index (Phi) is 3.98. The number of nitro benzene ring substituents is 1. The fourth-order valence-electron chi connectivity index (χ4n) is 2.07. The quantitative estimate of drug-likeness (QED) is 0.550. The Bertz CT molecular complexity index is 479. The predicted octanol–water partition coefficient (Wildman–Crippen LogP) is 0.783. The van der Waals surface area contributed by atoms with Gasteiger partial charge in [-0.05, 0) is 13.0 Å². The number of hydrogen-bond acceptors (Lipinski definition) is 6. The maximum Gasteiger partial charge on any atom is 0.274 e. The smallest absolute Gasteiger partial charge is 0.274 e. The molecule has 1 aliphatic heterocycles. The van der Waals surface area contributed by atoms with E-state index in [1.807, 2.05) is 0 Å². The number of hydrogen-bond donors (Lipinski definition) is 3. The van der Waals surface area contributed by atoms with Crippen molar-refractivity contribution in [2.75, 3.05) is 11.9 Å². The summed E-state index contributed by atoms with van der Waals surface area (Å²) < 4.78 is 5.38. The Morgan fingerprint density at radius 1 is 1.58 bits per heavy atom. The molecule has 0 bridgehead atoms. The normalized spacial score (nSPS) is 26.4. The summed E-state index contributed by atoms with van der Waals surface area (Å²) in [5.74, 6) is 0. The highest BCUT2D eigenvalue weighted by atomic mass is 16.6. The van der Waals surface area contributed by atoms with E-state index in [0.717, 1.165) is 0 Å². The minimum Gasteiger partial charge on any atom is -0.394 e. The van der Waals surface area contributed by atoms with Crippen LogP contribution in [0.5, 0.6) is 0 Å². The van der Waals surface area contributed by atoms with E-state index < -0.39 is 23.4 Å². The summed E-state index contributed by atoms with van der Waals surface area (Å²) in [6.07, 6.45) is -1.48. The van der Waals surface area contributed by atoms with Crippen molar-refractivity contribution in [1.82, 2.24) is 0 Å². The highest BCUT2D eigenvalue weighted by Crippen LogP contribution is 2.26. The van der Waals surface area contributed by atoms with Gasteiger partial charge in [-0.2, -0.15) is 0 Å². The summed E-state index contributed by atoms with van der Waals surface area (Å²) in [4.78, 5) is 10.4. The van der Waals surface area contributed by atoms with E-state index >= 15 is 0 Å². The third-order valence-corrected chi connectivity index (χ3v) is 3.14. The summed E-state index contributed by atoms with van der Waals surface area (Å²) in [5, 5.41) is 32.4. The van der Waals surface area contributed by atoms with Crippen LogP contribution in [0.1, 0.15) is 12.0 Å². The van der Waals surface area contributed by atoms with Gasteiger partial charge in [-0.3, -0.25) is 10.1 Å². The first-order chi connectivity index (χ1) is 9.01. The lowest BCUT2D eigenvalue weighted by Gasteiger charge is -2.15. The molecule has 3 N–H and O–H groups in total. The molecule has 7 heteroatoms. The number of anilines is 1. The molecule has 1 aromatic carbocycles. The second kappa shape index (κ2) is 5.52.